The van der Waals surface area contributed by atoms with E-state index in [4.69, 9.17) is 10.5 Å². The first-order valence-electron chi connectivity index (χ1n) is 17.8. The Labute approximate surface area is 299 Å². The van der Waals surface area contributed by atoms with Gasteiger partial charge < -0.3 is 16.2 Å². The van der Waals surface area contributed by atoms with Crippen LogP contribution in [0.1, 0.15) is 117 Å². The van der Waals surface area contributed by atoms with E-state index >= 15 is 0 Å². The number of thiocarbonyl (C=S) groups is 1. The molecule has 48 heavy (non-hydrogen) atoms. The van der Waals surface area contributed by atoms with Crippen LogP contribution in [0.2, 0.25) is 0 Å². The van der Waals surface area contributed by atoms with E-state index in [0.29, 0.717) is 17.2 Å². The maximum absolute atomic E-state index is 6.63. The van der Waals surface area contributed by atoms with Crippen LogP contribution in [-0.2, 0) is 4.74 Å². The lowest BCUT2D eigenvalue weighted by Crippen LogP contribution is -2.27. The molecular weight excluding hydrogens is 609 g/mol. The van der Waals surface area contributed by atoms with Crippen LogP contribution in [0.3, 0.4) is 0 Å². The average molecular weight is 675 g/mol. The van der Waals surface area contributed by atoms with Gasteiger partial charge in [0.25, 0.3) is 0 Å². The molecule has 0 unspecified atom stereocenters. The van der Waals surface area contributed by atoms with Gasteiger partial charge in [-0.05, 0) is 73.1 Å². The number of nitrogens with zero attached hydrogens (tertiary/aromatic N) is 2. The zero-order valence-corrected chi connectivity index (χ0v) is 32.3. The molecule has 1 aromatic carbocycles. The van der Waals surface area contributed by atoms with Crippen LogP contribution in [0.5, 0.6) is 0 Å². The van der Waals surface area contributed by atoms with Gasteiger partial charge in [-0.1, -0.05) is 154 Å². The van der Waals surface area contributed by atoms with Crippen LogP contribution in [0, 0.1) is 18.3 Å². The highest BCUT2D eigenvalue weighted by Gasteiger charge is 2.28. The van der Waals surface area contributed by atoms with Crippen molar-refractivity contribution in [3.63, 3.8) is 0 Å². The van der Waals surface area contributed by atoms with Crippen molar-refractivity contribution in [2.24, 2.45) is 22.8 Å². The topological polar surface area (TPSA) is 79.1 Å². The van der Waals surface area contributed by atoms with Gasteiger partial charge in [-0.3, -0.25) is 0 Å². The predicted molar refractivity (Wildman–Crippen MR) is 218 cm³/mol. The van der Waals surface area contributed by atoms with E-state index in [1.54, 1.807) is 4.68 Å². The summed E-state index contributed by atoms with van der Waals surface area (Å²) in [6.45, 7) is 31.6. The van der Waals surface area contributed by atoms with Crippen LogP contribution in [-0.4, -0.2) is 28.5 Å². The third kappa shape index (κ3) is 13.9. The highest BCUT2D eigenvalue weighted by Crippen LogP contribution is 2.37. The largest absolute Gasteiger partial charge is 0.396 e. The molecule has 0 radical (unpaired) electrons. The van der Waals surface area contributed by atoms with E-state index in [1.807, 2.05) is 57.3 Å². The molecule has 6 heteroatoms. The minimum atomic E-state index is 0.400. The molecule has 1 aliphatic heterocycles. The molecule has 0 aliphatic carbocycles. The van der Waals surface area contributed by atoms with E-state index < -0.39 is 0 Å². The second-order valence-corrected chi connectivity index (χ2v) is 12.1. The zero-order chi connectivity index (χ0) is 36.5. The summed E-state index contributed by atoms with van der Waals surface area (Å²) in [6.07, 6.45) is 19.3. The van der Waals surface area contributed by atoms with E-state index in [1.165, 1.54) is 36.8 Å². The standard InChI is InChI=1S/C30H39N3.C9H18O.C2H6.CH3NS/c1-8-15-27(16-9-2)23(6)28(11-4)30(31)33-24(7)29(21-32-33)25(10-3)20-19-22(5)26-17-13-12-14-18-26;1-3-9(4-2)5-7-10-8-6-9;1-2;2-1-3/h10-14,17-21,27H,3-4,6,8-9,15-16,31H2,1-2,5,7H3;3-8H2,1-2H3;1-2H3;1H,(H2,2,3)/b22-19+,25-20+,30-28-;;;. The summed E-state index contributed by atoms with van der Waals surface area (Å²) in [5, 5.41) is 4.61. The Bertz CT molecular complexity index is 1310. The lowest BCUT2D eigenvalue weighted by atomic mass is 9.76. The number of benzene rings is 1. The van der Waals surface area contributed by atoms with Gasteiger partial charge in [0.1, 0.15) is 5.82 Å². The number of hydrogen-bond acceptors (Lipinski definition) is 4. The van der Waals surface area contributed by atoms with Gasteiger partial charge in [0.2, 0.25) is 0 Å². The minimum absolute atomic E-state index is 0.400. The van der Waals surface area contributed by atoms with Crippen molar-refractivity contribution in [1.29, 1.82) is 0 Å². The van der Waals surface area contributed by atoms with Crippen LogP contribution in [0.25, 0.3) is 17.0 Å². The molecule has 4 N–H and O–H groups in total. The number of aromatic nitrogens is 2. The van der Waals surface area contributed by atoms with E-state index in [-0.39, 0.29) is 0 Å². The van der Waals surface area contributed by atoms with Crippen LogP contribution in [0.15, 0.2) is 91.7 Å². The van der Waals surface area contributed by atoms with E-state index in [2.05, 4.69) is 102 Å². The molecule has 0 saturated carbocycles. The van der Waals surface area contributed by atoms with Crippen molar-refractivity contribution in [2.45, 2.75) is 107 Å². The maximum atomic E-state index is 6.63. The van der Waals surface area contributed by atoms with Crippen LogP contribution < -0.4 is 11.5 Å². The molecule has 1 aromatic heterocycles. The number of allylic oxidation sites excluding steroid dienone is 8. The molecule has 5 nitrogen and oxygen atoms in total. The molecule has 2 heterocycles. The normalized spacial score (nSPS) is 14.5. The fourth-order valence-electron chi connectivity index (χ4n) is 5.90. The van der Waals surface area contributed by atoms with E-state index in [9.17, 15) is 0 Å². The Kier molecular flexibility index (Phi) is 23.7. The van der Waals surface area contributed by atoms with E-state index in [0.717, 1.165) is 72.4 Å². The summed E-state index contributed by atoms with van der Waals surface area (Å²) in [4.78, 5) is 0. The summed E-state index contributed by atoms with van der Waals surface area (Å²) >= 11 is 4.05. The Morgan fingerprint density at radius 3 is 1.98 bits per heavy atom. The first-order chi connectivity index (χ1) is 23.1. The first-order valence-corrected chi connectivity index (χ1v) is 18.3. The molecular formula is C42H66N4OS. The molecule has 0 amide bonds. The first kappa shape index (κ1) is 44.5. The number of rotatable bonds is 14. The fourth-order valence-corrected chi connectivity index (χ4v) is 5.90. The Morgan fingerprint density at radius 1 is 1.00 bits per heavy atom. The highest BCUT2D eigenvalue weighted by molar-refractivity contribution is 7.78. The second-order valence-electron chi connectivity index (χ2n) is 11.9. The lowest BCUT2D eigenvalue weighted by molar-refractivity contribution is 0.0105. The number of ether oxygens (including phenoxy) is 1. The van der Waals surface area contributed by atoms with Gasteiger partial charge in [-0.2, -0.15) is 5.10 Å². The van der Waals surface area contributed by atoms with Crippen molar-refractivity contribution in [2.75, 3.05) is 13.2 Å². The fraction of sp³-hybridized carbons (Fsp3) is 0.476. The SMILES string of the molecule is C=C/C(C(=C)C(CCC)CCC)=C(\N)n1ncc(/C(C=C)=C/C=C(\C)c2ccccc2)c1C.CC.CCC1(CC)CCOCC1.NC=S. The Hall–Kier alpha value is -3.48. The number of nitrogens with two attached hydrogens (primary N) is 2. The summed E-state index contributed by atoms with van der Waals surface area (Å²) in [7, 11) is 0. The molecule has 0 spiro atoms. The van der Waals surface area contributed by atoms with Crippen molar-refractivity contribution >= 4 is 34.7 Å². The van der Waals surface area contributed by atoms with Gasteiger partial charge in [0.05, 0.1) is 17.4 Å². The number of hydrogen-bond donors (Lipinski definition) is 2. The third-order valence-corrected chi connectivity index (χ3v) is 9.16. The van der Waals surface area contributed by atoms with Gasteiger partial charge in [0.15, 0.2) is 0 Å². The van der Waals surface area contributed by atoms with Crippen molar-refractivity contribution in [3.8, 4) is 0 Å². The quantitative estimate of drug-likeness (QED) is 0.154. The highest BCUT2D eigenvalue weighted by atomic mass is 32.1. The smallest absolute Gasteiger partial charge is 0.132 e. The molecule has 2 aromatic rings. The third-order valence-electron chi connectivity index (χ3n) is 9.16. The molecule has 3 rings (SSSR count). The van der Waals surface area contributed by atoms with Crippen LogP contribution >= 0.6 is 12.2 Å². The van der Waals surface area contributed by atoms with Gasteiger partial charge >= 0.3 is 0 Å². The molecule has 1 aliphatic rings. The summed E-state index contributed by atoms with van der Waals surface area (Å²) in [6, 6.07) is 10.3. The monoisotopic (exact) mass is 674 g/mol. The van der Waals surface area contributed by atoms with Gasteiger partial charge in [-0.25, -0.2) is 4.68 Å². The molecule has 0 atom stereocenters. The molecule has 1 fully saturated rings. The molecule has 0 bridgehead atoms. The zero-order valence-electron chi connectivity index (χ0n) is 31.5. The van der Waals surface area contributed by atoms with Crippen LogP contribution in [0.4, 0.5) is 0 Å². The molecule has 266 valence electrons. The maximum Gasteiger partial charge on any atom is 0.132 e. The Balaban J connectivity index is 0.00000122. The van der Waals surface area contributed by atoms with Gasteiger partial charge in [0, 0.05) is 24.4 Å². The summed E-state index contributed by atoms with van der Waals surface area (Å²) in [5.41, 5.74) is 20.1. The van der Waals surface area contributed by atoms with Crippen molar-refractivity contribution < 1.29 is 4.74 Å². The van der Waals surface area contributed by atoms with Crippen molar-refractivity contribution in [3.05, 3.63) is 109 Å². The summed E-state index contributed by atoms with van der Waals surface area (Å²) < 4.78 is 7.12. The Morgan fingerprint density at radius 2 is 1.54 bits per heavy atom. The average Bonchev–Trinajstić information content (AvgIpc) is 3.51. The lowest BCUT2D eigenvalue weighted by Gasteiger charge is -2.35. The van der Waals surface area contributed by atoms with Crippen molar-refractivity contribution in [1.82, 2.24) is 9.78 Å². The second kappa shape index (κ2) is 25.5. The molecule has 1 saturated heterocycles. The summed E-state index contributed by atoms with van der Waals surface area (Å²) in [5.74, 6) is 0.965. The van der Waals surface area contributed by atoms with Gasteiger partial charge in [-0.15, -0.1) is 0 Å². The predicted octanol–water partition coefficient (Wildman–Crippen LogP) is 11.5. The minimum Gasteiger partial charge on any atom is -0.396 e.